The van der Waals surface area contributed by atoms with E-state index in [0.717, 1.165) is 25.7 Å². The fraction of sp³-hybridized carbons (Fsp3) is 0.600. The molecule has 0 bridgehead atoms. The number of benzene rings is 1. The lowest BCUT2D eigenvalue weighted by Gasteiger charge is -2.26. The lowest BCUT2D eigenvalue weighted by molar-refractivity contribution is -0.130. The minimum absolute atomic E-state index is 0.0165. The summed E-state index contributed by atoms with van der Waals surface area (Å²) in [7, 11) is 4.00. The molecule has 1 saturated carbocycles. The van der Waals surface area contributed by atoms with Crippen LogP contribution in [0.25, 0.3) is 0 Å². The van der Waals surface area contributed by atoms with Crippen molar-refractivity contribution >= 4 is 11.8 Å². The van der Waals surface area contributed by atoms with Gasteiger partial charge < -0.3 is 15.5 Å². The van der Waals surface area contributed by atoms with Crippen molar-refractivity contribution < 1.29 is 9.59 Å². The van der Waals surface area contributed by atoms with Gasteiger partial charge in [0.05, 0.1) is 6.04 Å². The average Bonchev–Trinajstić information content (AvgIpc) is 3.10. The lowest BCUT2D eigenvalue weighted by Crippen LogP contribution is -2.48. The zero-order chi connectivity index (χ0) is 18.4. The van der Waals surface area contributed by atoms with E-state index in [4.69, 9.17) is 0 Å². The first-order chi connectivity index (χ1) is 11.9. The molecule has 25 heavy (non-hydrogen) atoms. The molecule has 2 amide bonds. The molecule has 5 heteroatoms. The molecule has 1 fully saturated rings. The minimum atomic E-state index is -0.506. The summed E-state index contributed by atoms with van der Waals surface area (Å²) in [6.07, 6.45) is 4.10. The number of rotatable bonds is 7. The van der Waals surface area contributed by atoms with E-state index in [1.165, 1.54) is 11.1 Å². The normalized spacial score (nSPS) is 17.3. The predicted molar refractivity (Wildman–Crippen MR) is 100 cm³/mol. The molecule has 2 rings (SSSR count). The average molecular weight is 345 g/mol. The molecule has 0 heterocycles. The standard InChI is InChI=1S/C20H31N3O2/c1-14-9-11-16(12-10-14)18(23(3)4)13-21-19(24)15(2)22-20(25)17-7-5-6-8-17/h9-12,15,17-18H,5-8,13H2,1-4H3,(H,21,24)(H,22,25)/t15-,18+/m1/s1. The van der Waals surface area contributed by atoms with Crippen molar-refractivity contribution in [1.82, 2.24) is 15.5 Å². The summed E-state index contributed by atoms with van der Waals surface area (Å²) < 4.78 is 0. The molecule has 0 aromatic heterocycles. The van der Waals surface area contributed by atoms with Gasteiger partial charge in [0, 0.05) is 12.5 Å². The summed E-state index contributed by atoms with van der Waals surface area (Å²) in [5.74, 6) is -0.0366. The second-order valence-corrected chi connectivity index (χ2v) is 7.35. The van der Waals surface area contributed by atoms with E-state index >= 15 is 0 Å². The van der Waals surface area contributed by atoms with Crippen LogP contribution in [-0.4, -0.2) is 43.4 Å². The van der Waals surface area contributed by atoms with E-state index in [-0.39, 0.29) is 23.8 Å². The van der Waals surface area contributed by atoms with E-state index in [1.807, 2.05) is 14.1 Å². The van der Waals surface area contributed by atoms with Crippen molar-refractivity contribution in [2.24, 2.45) is 5.92 Å². The first-order valence-electron chi connectivity index (χ1n) is 9.19. The zero-order valence-corrected chi connectivity index (χ0v) is 15.8. The number of carbonyl (C=O) groups is 2. The Morgan fingerprint density at radius 3 is 2.32 bits per heavy atom. The smallest absolute Gasteiger partial charge is 0.242 e. The van der Waals surface area contributed by atoms with Crippen LogP contribution < -0.4 is 10.6 Å². The number of carbonyl (C=O) groups excluding carboxylic acids is 2. The van der Waals surface area contributed by atoms with Gasteiger partial charge in [-0.1, -0.05) is 42.7 Å². The van der Waals surface area contributed by atoms with Crippen LogP contribution in [0.4, 0.5) is 0 Å². The van der Waals surface area contributed by atoms with Gasteiger partial charge in [0.15, 0.2) is 0 Å². The lowest BCUT2D eigenvalue weighted by atomic mass is 10.0. The molecule has 0 radical (unpaired) electrons. The van der Waals surface area contributed by atoms with E-state index in [9.17, 15) is 9.59 Å². The summed E-state index contributed by atoms with van der Waals surface area (Å²) in [5.41, 5.74) is 2.38. The van der Waals surface area contributed by atoms with Crippen LogP contribution in [0, 0.1) is 12.8 Å². The highest BCUT2D eigenvalue weighted by Gasteiger charge is 2.26. The summed E-state index contributed by atoms with van der Waals surface area (Å²) in [6.45, 7) is 4.32. The highest BCUT2D eigenvalue weighted by molar-refractivity contribution is 5.88. The fourth-order valence-corrected chi connectivity index (χ4v) is 3.32. The second-order valence-electron chi connectivity index (χ2n) is 7.35. The molecule has 1 aliphatic carbocycles. The highest BCUT2D eigenvalue weighted by atomic mass is 16.2. The molecule has 0 spiro atoms. The molecular formula is C20H31N3O2. The van der Waals surface area contributed by atoms with Gasteiger partial charge in [0.25, 0.3) is 0 Å². The van der Waals surface area contributed by atoms with Gasteiger partial charge in [-0.3, -0.25) is 9.59 Å². The maximum Gasteiger partial charge on any atom is 0.242 e. The number of nitrogens with zero attached hydrogens (tertiary/aromatic N) is 1. The third-order valence-corrected chi connectivity index (χ3v) is 5.03. The molecule has 138 valence electrons. The van der Waals surface area contributed by atoms with E-state index in [0.29, 0.717) is 6.54 Å². The van der Waals surface area contributed by atoms with E-state index in [1.54, 1.807) is 6.92 Å². The number of hydrogen-bond acceptors (Lipinski definition) is 3. The van der Waals surface area contributed by atoms with Crippen LogP contribution in [0.2, 0.25) is 0 Å². The summed E-state index contributed by atoms with van der Waals surface area (Å²) in [4.78, 5) is 26.6. The molecule has 1 aliphatic rings. The Morgan fingerprint density at radius 1 is 1.16 bits per heavy atom. The van der Waals surface area contributed by atoms with Gasteiger partial charge in [-0.05, 0) is 46.3 Å². The molecule has 1 aromatic carbocycles. The van der Waals surface area contributed by atoms with Gasteiger partial charge in [-0.2, -0.15) is 0 Å². The zero-order valence-electron chi connectivity index (χ0n) is 15.8. The topological polar surface area (TPSA) is 61.4 Å². The van der Waals surface area contributed by atoms with Crippen LogP contribution in [0.15, 0.2) is 24.3 Å². The monoisotopic (exact) mass is 345 g/mol. The summed E-state index contributed by atoms with van der Waals surface area (Å²) >= 11 is 0. The first-order valence-corrected chi connectivity index (χ1v) is 9.19. The Balaban J connectivity index is 1.87. The van der Waals surface area contributed by atoms with Crippen LogP contribution in [0.5, 0.6) is 0 Å². The number of hydrogen-bond donors (Lipinski definition) is 2. The molecule has 0 unspecified atom stereocenters. The van der Waals surface area contributed by atoms with E-state index < -0.39 is 6.04 Å². The molecular weight excluding hydrogens is 314 g/mol. The van der Waals surface area contributed by atoms with Gasteiger partial charge in [-0.25, -0.2) is 0 Å². The SMILES string of the molecule is Cc1ccc([C@H](CNC(=O)[C@@H](C)NC(=O)C2CCCC2)N(C)C)cc1. The largest absolute Gasteiger partial charge is 0.352 e. The van der Waals surface area contributed by atoms with Crippen molar-refractivity contribution in [3.63, 3.8) is 0 Å². The van der Waals surface area contributed by atoms with Gasteiger partial charge >= 0.3 is 0 Å². The Morgan fingerprint density at radius 2 is 1.76 bits per heavy atom. The molecule has 2 atom stereocenters. The number of likely N-dealkylation sites (N-methyl/N-ethyl adjacent to an activating group) is 1. The Labute approximate surface area is 151 Å². The van der Waals surface area contributed by atoms with Crippen LogP contribution in [-0.2, 0) is 9.59 Å². The Hall–Kier alpha value is -1.88. The van der Waals surface area contributed by atoms with Gasteiger partial charge in [0.1, 0.15) is 6.04 Å². The van der Waals surface area contributed by atoms with Crippen LogP contribution in [0.3, 0.4) is 0 Å². The Kier molecular flexibility index (Phi) is 7.00. The third kappa shape index (κ3) is 5.56. The minimum Gasteiger partial charge on any atom is -0.352 e. The van der Waals surface area contributed by atoms with Crippen LogP contribution in [0.1, 0.15) is 49.8 Å². The fourth-order valence-electron chi connectivity index (χ4n) is 3.32. The number of amides is 2. The van der Waals surface area contributed by atoms with Crippen molar-refractivity contribution in [1.29, 1.82) is 0 Å². The third-order valence-electron chi connectivity index (χ3n) is 5.03. The molecule has 5 nitrogen and oxygen atoms in total. The van der Waals surface area contributed by atoms with Gasteiger partial charge in [0.2, 0.25) is 11.8 Å². The number of aryl methyl sites for hydroxylation is 1. The predicted octanol–water partition coefficient (Wildman–Crippen LogP) is 2.41. The molecule has 0 aliphatic heterocycles. The molecule has 2 N–H and O–H groups in total. The van der Waals surface area contributed by atoms with Crippen LogP contribution >= 0.6 is 0 Å². The maximum absolute atomic E-state index is 12.4. The number of nitrogens with one attached hydrogen (secondary N) is 2. The molecule has 1 aromatic rings. The van der Waals surface area contributed by atoms with Crippen molar-refractivity contribution in [2.45, 2.75) is 51.6 Å². The van der Waals surface area contributed by atoms with Crippen molar-refractivity contribution in [2.75, 3.05) is 20.6 Å². The van der Waals surface area contributed by atoms with Crippen molar-refractivity contribution in [3.05, 3.63) is 35.4 Å². The second kappa shape index (κ2) is 8.99. The first kappa shape index (κ1) is 19.4. The Bertz CT molecular complexity index is 577. The summed E-state index contributed by atoms with van der Waals surface area (Å²) in [5, 5.41) is 5.83. The highest BCUT2D eigenvalue weighted by Crippen LogP contribution is 2.24. The maximum atomic E-state index is 12.4. The van der Waals surface area contributed by atoms with Gasteiger partial charge in [-0.15, -0.1) is 0 Å². The summed E-state index contributed by atoms with van der Waals surface area (Å²) in [6, 6.07) is 7.95. The molecule has 0 saturated heterocycles. The van der Waals surface area contributed by atoms with E-state index in [2.05, 4.69) is 46.7 Å². The van der Waals surface area contributed by atoms with Crippen molar-refractivity contribution in [3.8, 4) is 0 Å². The quantitative estimate of drug-likeness (QED) is 0.798.